The van der Waals surface area contributed by atoms with Crippen LogP contribution in [0.25, 0.3) is 0 Å². The molecule has 0 unspecified atom stereocenters. The summed E-state index contributed by atoms with van der Waals surface area (Å²) in [6.45, 7) is 7.91. The van der Waals surface area contributed by atoms with E-state index < -0.39 is 10.0 Å². The Balaban J connectivity index is 2.51. The molecule has 0 fully saturated rings. The molecule has 1 aromatic rings. The Labute approximate surface area is 103 Å². The zero-order chi connectivity index (χ0) is 12.9. The van der Waals surface area contributed by atoms with Gasteiger partial charge in [0.1, 0.15) is 0 Å². The normalized spacial score (nSPS) is 12.0. The van der Waals surface area contributed by atoms with Crippen molar-refractivity contribution in [1.29, 1.82) is 0 Å². The van der Waals surface area contributed by atoms with Crippen LogP contribution < -0.4 is 4.72 Å². The van der Waals surface area contributed by atoms with Gasteiger partial charge in [0.2, 0.25) is 10.0 Å². The van der Waals surface area contributed by atoms with Gasteiger partial charge in [0.25, 0.3) is 0 Å². The number of hydrogen-bond donors (Lipinski definition) is 1. The van der Waals surface area contributed by atoms with Gasteiger partial charge in [-0.05, 0) is 13.1 Å². The number of sulfonamides is 1. The summed E-state index contributed by atoms with van der Waals surface area (Å²) in [6.07, 6.45) is 4.34. The molecule has 0 radical (unpaired) electrons. The van der Waals surface area contributed by atoms with Crippen LogP contribution in [0.15, 0.2) is 12.4 Å². The first-order chi connectivity index (χ1) is 7.94. The molecule has 0 aliphatic heterocycles. The zero-order valence-electron chi connectivity index (χ0n) is 10.5. The van der Waals surface area contributed by atoms with Crippen molar-refractivity contribution < 1.29 is 8.42 Å². The van der Waals surface area contributed by atoms with Crippen molar-refractivity contribution in [2.45, 2.75) is 20.4 Å². The molecule has 1 aromatic heterocycles. The van der Waals surface area contributed by atoms with Gasteiger partial charge < -0.3 is 4.90 Å². The molecular formula is C10H20N4O2S. The molecule has 17 heavy (non-hydrogen) atoms. The van der Waals surface area contributed by atoms with Crippen LogP contribution in [0.1, 0.15) is 13.8 Å². The van der Waals surface area contributed by atoms with Gasteiger partial charge in [-0.15, -0.1) is 0 Å². The van der Waals surface area contributed by atoms with Crippen molar-refractivity contribution in [3.8, 4) is 0 Å². The van der Waals surface area contributed by atoms with Crippen LogP contribution in [-0.4, -0.2) is 49.0 Å². The summed E-state index contributed by atoms with van der Waals surface area (Å²) in [7, 11) is -3.22. The fraction of sp³-hybridized carbons (Fsp3) is 0.700. The first kappa shape index (κ1) is 14.0. The van der Waals surface area contributed by atoms with E-state index in [1.54, 1.807) is 10.9 Å². The standard InChI is InChI=1S/C10H20N4O2S/c1-4-13(5-2)6-7-14-9-10(8-11-14)12-17(3,15)16/h8-9,12H,4-7H2,1-3H3. The maximum absolute atomic E-state index is 11.0. The molecule has 7 heteroatoms. The van der Waals surface area contributed by atoms with Crippen LogP contribution in [0, 0.1) is 0 Å². The quantitative estimate of drug-likeness (QED) is 0.779. The van der Waals surface area contributed by atoms with Gasteiger partial charge in [0, 0.05) is 12.7 Å². The Morgan fingerprint density at radius 1 is 1.41 bits per heavy atom. The fourth-order valence-electron chi connectivity index (χ4n) is 1.54. The summed E-state index contributed by atoms with van der Waals surface area (Å²) in [5.41, 5.74) is 0.507. The van der Waals surface area contributed by atoms with E-state index in [0.29, 0.717) is 5.69 Å². The average Bonchev–Trinajstić information content (AvgIpc) is 2.64. The predicted molar refractivity (Wildman–Crippen MR) is 68.5 cm³/mol. The van der Waals surface area contributed by atoms with E-state index in [0.717, 1.165) is 32.4 Å². The Hall–Kier alpha value is -1.08. The number of nitrogens with one attached hydrogen (secondary N) is 1. The Morgan fingerprint density at radius 3 is 2.59 bits per heavy atom. The zero-order valence-corrected chi connectivity index (χ0v) is 11.4. The van der Waals surface area contributed by atoms with Crippen LogP contribution in [0.4, 0.5) is 5.69 Å². The highest BCUT2D eigenvalue weighted by molar-refractivity contribution is 7.92. The lowest BCUT2D eigenvalue weighted by Crippen LogP contribution is -2.27. The van der Waals surface area contributed by atoms with Gasteiger partial charge in [-0.25, -0.2) is 8.42 Å². The number of aromatic nitrogens is 2. The maximum Gasteiger partial charge on any atom is 0.229 e. The van der Waals surface area contributed by atoms with Crippen LogP contribution in [0.2, 0.25) is 0 Å². The topological polar surface area (TPSA) is 67.2 Å². The molecule has 0 aliphatic rings. The molecule has 1 N–H and O–H groups in total. The molecule has 0 saturated carbocycles. The lowest BCUT2D eigenvalue weighted by molar-refractivity contribution is 0.285. The minimum Gasteiger partial charge on any atom is -0.302 e. The first-order valence-electron chi connectivity index (χ1n) is 5.67. The third kappa shape index (κ3) is 5.18. The molecule has 0 aliphatic carbocycles. The molecule has 0 saturated heterocycles. The molecule has 6 nitrogen and oxygen atoms in total. The van der Waals surface area contributed by atoms with E-state index >= 15 is 0 Å². The maximum atomic E-state index is 11.0. The van der Waals surface area contributed by atoms with Crippen LogP contribution in [0.5, 0.6) is 0 Å². The van der Waals surface area contributed by atoms with Crippen LogP contribution in [-0.2, 0) is 16.6 Å². The highest BCUT2D eigenvalue weighted by atomic mass is 32.2. The first-order valence-corrected chi connectivity index (χ1v) is 7.56. The highest BCUT2D eigenvalue weighted by Crippen LogP contribution is 2.06. The minimum atomic E-state index is -3.22. The minimum absolute atomic E-state index is 0.507. The molecule has 1 rings (SSSR count). The van der Waals surface area contributed by atoms with Gasteiger partial charge in [-0.1, -0.05) is 13.8 Å². The highest BCUT2D eigenvalue weighted by Gasteiger charge is 2.05. The number of likely N-dealkylation sites (N-methyl/N-ethyl adjacent to an activating group) is 1. The van der Waals surface area contributed by atoms with Gasteiger partial charge >= 0.3 is 0 Å². The predicted octanol–water partition coefficient (Wildman–Crippen LogP) is 0.596. The van der Waals surface area contributed by atoms with Crippen molar-refractivity contribution in [3.63, 3.8) is 0 Å². The summed E-state index contributed by atoms with van der Waals surface area (Å²) in [5, 5.41) is 4.10. The fourth-order valence-corrected chi connectivity index (χ4v) is 2.07. The van der Waals surface area contributed by atoms with Gasteiger partial charge in [-0.3, -0.25) is 9.40 Å². The summed E-state index contributed by atoms with van der Waals surface area (Å²) in [6, 6.07) is 0. The van der Waals surface area contributed by atoms with E-state index in [1.165, 1.54) is 6.20 Å². The molecular weight excluding hydrogens is 240 g/mol. The summed E-state index contributed by atoms with van der Waals surface area (Å²) in [5.74, 6) is 0. The Morgan fingerprint density at radius 2 is 2.06 bits per heavy atom. The summed E-state index contributed by atoms with van der Waals surface area (Å²) >= 11 is 0. The lowest BCUT2D eigenvalue weighted by atomic mass is 10.4. The van der Waals surface area contributed by atoms with Gasteiger partial charge in [0.05, 0.1) is 24.7 Å². The monoisotopic (exact) mass is 260 g/mol. The van der Waals surface area contributed by atoms with Crippen molar-refractivity contribution in [3.05, 3.63) is 12.4 Å². The van der Waals surface area contributed by atoms with E-state index in [2.05, 4.69) is 28.6 Å². The van der Waals surface area contributed by atoms with Gasteiger partial charge in [-0.2, -0.15) is 5.10 Å². The number of hydrogen-bond acceptors (Lipinski definition) is 4. The summed E-state index contributed by atoms with van der Waals surface area (Å²) in [4.78, 5) is 2.28. The van der Waals surface area contributed by atoms with Crippen molar-refractivity contribution in [2.75, 3.05) is 30.6 Å². The smallest absolute Gasteiger partial charge is 0.229 e. The van der Waals surface area contributed by atoms with Crippen molar-refractivity contribution in [1.82, 2.24) is 14.7 Å². The molecule has 0 aromatic carbocycles. The molecule has 98 valence electrons. The second kappa shape index (κ2) is 6.02. The average molecular weight is 260 g/mol. The third-order valence-electron chi connectivity index (χ3n) is 2.48. The third-order valence-corrected chi connectivity index (χ3v) is 3.08. The van der Waals surface area contributed by atoms with Crippen molar-refractivity contribution in [2.24, 2.45) is 0 Å². The number of anilines is 1. The van der Waals surface area contributed by atoms with E-state index in [1.807, 2.05) is 0 Å². The number of nitrogens with zero attached hydrogens (tertiary/aromatic N) is 3. The van der Waals surface area contributed by atoms with Crippen LogP contribution >= 0.6 is 0 Å². The second-order valence-corrected chi connectivity index (χ2v) is 5.64. The SMILES string of the molecule is CCN(CC)CCn1cc(NS(C)(=O)=O)cn1. The molecule has 0 bridgehead atoms. The lowest BCUT2D eigenvalue weighted by Gasteiger charge is -2.17. The molecule has 1 heterocycles. The Bertz CT molecular complexity index is 437. The molecule has 0 spiro atoms. The van der Waals surface area contributed by atoms with Crippen LogP contribution in [0.3, 0.4) is 0 Å². The van der Waals surface area contributed by atoms with Gasteiger partial charge in [0.15, 0.2) is 0 Å². The Kier molecular flexibility index (Phi) is 4.95. The van der Waals surface area contributed by atoms with E-state index in [-0.39, 0.29) is 0 Å². The molecule has 0 atom stereocenters. The number of rotatable bonds is 7. The largest absolute Gasteiger partial charge is 0.302 e. The molecule has 0 amide bonds. The van der Waals surface area contributed by atoms with E-state index in [9.17, 15) is 8.42 Å². The second-order valence-electron chi connectivity index (χ2n) is 3.89. The summed E-state index contributed by atoms with van der Waals surface area (Å²) < 4.78 is 26.2. The van der Waals surface area contributed by atoms with Crippen molar-refractivity contribution >= 4 is 15.7 Å². The van der Waals surface area contributed by atoms with E-state index in [4.69, 9.17) is 0 Å².